The smallest absolute Gasteiger partial charge is 0.315 e. The molecule has 131 heavy (non-hydrogen) atoms. The molecule has 14 atom stereocenters. The number of nitrogens with zero attached hydrogens (tertiary/aromatic N) is 5. The fourth-order valence-electron chi connectivity index (χ4n) is 16.3. The summed E-state index contributed by atoms with van der Waals surface area (Å²) >= 11 is 1.84. The number of unbranched alkanes of at least 4 members (excludes halogenated alkanes) is 1. The Hall–Kier alpha value is -11.9. The van der Waals surface area contributed by atoms with E-state index in [1.54, 1.807) is 24.4 Å². The molecule has 0 radical (unpaired) electrons. The second kappa shape index (κ2) is 52.2. The monoisotopic (exact) mass is 1850 g/mol. The summed E-state index contributed by atoms with van der Waals surface area (Å²) in [4.78, 5) is 252. The minimum absolute atomic E-state index is 0.0138. The van der Waals surface area contributed by atoms with Crippen LogP contribution in [0.3, 0.4) is 0 Å². The molecule has 5 saturated heterocycles. The Labute approximate surface area is 761 Å². The number of nitrogens with one attached hydrogen (secondary N) is 16. The third kappa shape index (κ3) is 32.3. The molecule has 46 heteroatoms. The number of amides is 17. The lowest BCUT2D eigenvalue weighted by molar-refractivity contribution is -0.143. The molecule has 5 fully saturated rings. The SMILES string of the molecule is CC(C)C[C@H](NC(=O)[C@@H]1CCCN1C(=O)[C@H](CC(C)C)NC(=O)[C@H](Cc1c[nH]c2ccccc12)NC(=O)[C@H](C)NC(=O)CNC(=O)[C@@H]1CCCN1C(=O)[C@H](CCC(=O)O)NC(=O)[C@H](Cc1cnc[nH]1)NC(=O)[C@H](Cc1cnc[nH]1)NC(=O)COCCOCCNC(=O)COCCOCCNC(=O)CCCC[C@@H]1SC[C@@H]2NC(=O)N[C@@H]21)C(=O)N[C@@H](CO)C(=O)N1CCC[C@H]1C(N)=O. The number of para-hydroxylation sites is 1. The first-order valence-corrected chi connectivity index (χ1v) is 45.6. The van der Waals surface area contributed by atoms with Crippen molar-refractivity contribution in [2.24, 2.45) is 17.6 Å². The first-order chi connectivity index (χ1) is 62.8. The van der Waals surface area contributed by atoms with E-state index >= 15 is 0 Å². The molecule has 8 heterocycles. The number of imidazole rings is 2. The Morgan fingerprint density at radius 3 is 1.65 bits per heavy atom. The van der Waals surface area contributed by atoms with Crippen LogP contribution in [0.4, 0.5) is 4.79 Å². The third-order valence-corrected chi connectivity index (χ3v) is 24.4. The molecule has 0 unspecified atom stereocenters. The number of likely N-dealkylation sites (tertiary alicyclic amines) is 3. The van der Waals surface area contributed by atoms with Gasteiger partial charge in [0.2, 0.25) is 88.6 Å². The van der Waals surface area contributed by atoms with E-state index in [-0.39, 0.29) is 160 Å². The number of hydrogen-bond donors (Lipinski definition) is 19. The maximum absolute atomic E-state index is 14.9. The summed E-state index contributed by atoms with van der Waals surface area (Å²) < 4.78 is 21.9. The van der Waals surface area contributed by atoms with Gasteiger partial charge in [0, 0.05) is 117 Å². The number of aromatic amines is 3. The van der Waals surface area contributed by atoms with E-state index in [0.717, 1.165) is 29.9 Å². The van der Waals surface area contributed by atoms with E-state index in [9.17, 15) is 91.7 Å². The largest absolute Gasteiger partial charge is 0.481 e. The van der Waals surface area contributed by atoms with Gasteiger partial charge in [0.25, 0.3) is 0 Å². The molecule has 9 rings (SSSR count). The highest BCUT2D eigenvalue weighted by molar-refractivity contribution is 8.00. The van der Waals surface area contributed by atoms with E-state index in [0.29, 0.717) is 65.3 Å². The van der Waals surface area contributed by atoms with Gasteiger partial charge in [-0.25, -0.2) is 14.8 Å². The number of ether oxygens (including phenoxy) is 4. The van der Waals surface area contributed by atoms with Gasteiger partial charge >= 0.3 is 12.0 Å². The lowest BCUT2D eigenvalue weighted by Crippen LogP contribution is -2.60. The zero-order chi connectivity index (χ0) is 94.6. The number of carboxylic acids is 1. The first-order valence-electron chi connectivity index (χ1n) is 44.6. The summed E-state index contributed by atoms with van der Waals surface area (Å²) in [6.07, 6.45) is 10.2. The van der Waals surface area contributed by atoms with Crippen molar-refractivity contribution in [3.05, 3.63) is 72.5 Å². The van der Waals surface area contributed by atoms with E-state index in [1.807, 2.05) is 45.5 Å². The van der Waals surface area contributed by atoms with Crippen LogP contribution in [0.2, 0.25) is 0 Å². The van der Waals surface area contributed by atoms with Crippen LogP contribution >= 0.6 is 11.8 Å². The number of carboxylic acid groups (broad SMARTS) is 1. The lowest BCUT2D eigenvalue weighted by atomic mass is 9.99. The zero-order valence-corrected chi connectivity index (χ0v) is 75.3. The second-order valence-corrected chi connectivity index (χ2v) is 35.1. The van der Waals surface area contributed by atoms with Gasteiger partial charge < -0.3 is 134 Å². The molecular weight excluding hydrogens is 1730 g/mol. The van der Waals surface area contributed by atoms with Gasteiger partial charge in [0.05, 0.1) is 77.5 Å². The molecule has 0 aliphatic carbocycles. The quantitative estimate of drug-likeness (QED) is 0.0148. The molecule has 5 aliphatic heterocycles. The predicted molar refractivity (Wildman–Crippen MR) is 470 cm³/mol. The lowest BCUT2D eigenvalue weighted by Gasteiger charge is -2.32. The summed E-state index contributed by atoms with van der Waals surface area (Å²) in [5, 5.41) is 56.3. The molecule has 0 bridgehead atoms. The number of thioether (sulfide) groups is 1. The van der Waals surface area contributed by atoms with E-state index in [1.165, 1.54) is 41.8 Å². The molecule has 4 aromatic rings. The van der Waals surface area contributed by atoms with Crippen molar-refractivity contribution in [3.63, 3.8) is 0 Å². The van der Waals surface area contributed by atoms with Crippen molar-refractivity contribution in [1.29, 1.82) is 0 Å². The standard InChI is InChI=1S/C85H126N22O23S/c1-48(2)33-57(76(117)102-62(42-108)84(125)105-24-10-15-64(105)74(86)115)100-81(122)66-17-12-26-107(66)83(124)61(34-49(3)4)101-77(118)58(35-51-38-91-55-14-7-6-13-54(51)55)98-75(116)50(5)95-69(110)41-92-80(121)65-16-11-25-106(65)82(123)56(20-21-72(113)114)97-79(120)60(37-53-40-88-47-94-53)99-78(119)59(36-52-39-87-46-93-52)96-71(112)44-130-32-30-128-28-23-90-70(111)43-129-31-29-127-27-22-89-68(109)19-9-8-18-67-73-63(45-131-67)103-85(126)104-73/h6-7,13-14,38-40,46-50,56-67,73,91,108H,8-12,15-37,41-45H2,1-5H3,(H2,86,115)(H,87,93)(H,88,94)(H,89,109)(H,90,111)(H,92,121)(H,95,110)(H,96,112)(H,97,120)(H,98,116)(H,99,119)(H,100,122)(H,101,118)(H,102,117)(H,113,114)(H2,103,104,126)/t50-,56-,57-,58-,59-,60-,61-,62-,63-,64-,65-,66-,67-,73-/m0/s1. The van der Waals surface area contributed by atoms with Crippen molar-refractivity contribution in [2.75, 3.05) is 104 Å². The highest BCUT2D eigenvalue weighted by Gasteiger charge is 2.46. The molecule has 1 aromatic carbocycles. The number of hydrogen-bond acceptors (Lipinski definition) is 25. The summed E-state index contributed by atoms with van der Waals surface area (Å²) in [6, 6.07) is -7.20. The number of aliphatic carboxylic acids is 1. The third-order valence-electron chi connectivity index (χ3n) is 22.9. The van der Waals surface area contributed by atoms with Crippen LogP contribution in [-0.2, 0) is 115 Å². The van der Waals surface area contributed by atoms with Crippen LogP contribution in [0, 0.1) is 11.8 Å². The van der Waals surface area contributed by atoms with Gasteiger partial charge in [-0.05, 0) is 101 Å². The van der Waals surface area contributed by atoms with Crippen molar-refractivity contribution >= 4 is 123 Å². The highest BCUT2D eigenvalue weighted by atomic mass is 32.2. The Kier molecular flexibility index (Phi) is 41.0. The summed E-state index contributed by atoms with van der Waals surface area (Å²) in [5.74, 6) is -11.7. The van der Waals surface area contributed by atoms with E-state index in [4.69, 9.17) is 24.7 Å². The maximum Gasteiger partial charge on any atom is 0.315 e. The minimum atomic E-state index is -1.61. The van der Waals surface area contributed by atoms with Gasteiger partial charge in [-0.2, -0.15) is 11.8 Å². The number of aromatic nitrogens is 5. The van der Waals surface area contributed by atoms with Crippen LogP contribution in [0.25, 0.3) is 10.9 Å². The number of nitrogens with two attached hydrogens (primary N) is 1. The number of benzene rings is 1. The normalized spacial score (nSPS) is 19.3. The van der Waals surface area contributed by atoms with Crippen molar-refractivity contribution in [2.45, 2.75) is 228 Å². The number of carbonyl (C=O) groups is 17. The molecule has 5 aliphatic rings. The number of urea groups is 1. The van der Waals surface area contributed by atoms with Crippen molar-refractivity contribution in [1.82, 2.24) is 109 Å². The Morgan fingerprint density at radius 2 is 1.05 bits per heavy atom. The van der Waals surface area contributed by atoms with Gasteiger partial charge in [0.15, 0.2) is 0 Å². The Balaban J connectivity index is 0.726. The molecule has 20 N–H and O–H groups in total. The number of H-pyrrole nitrogens is 3. The van der Waals surface area contributed by atoms with Crippen LogP contribution < -0.4 is 74.9 Å². The number of aliphatic hydroxyl groups excluding tert-OH is 1. The van der Waals surface area contributed by atoms with Crippen molar-refractivity contribution < 1.29 is 111 Å². The van der Waals surface area contributed by atoms with E-state index in [2.05, 4.69) is 94.0 Å². The number of aliphatic hydroxyl groups is 1. The zero-order valence-electron chi connectivity index (χ0n) is 74.5. The molecule has 720 valence electrons. The van der Waals surface area contributed by atoms with E-state index < -0.39 is 188 Å². The molecule has 17 amide bonds. The Morgan fingerprint density at radius 1 is 0.527 bits per heavy atom. The predicted octanol–water partition coefficient (Wildman–Crippen LogP) is -3.91. The Bertz CT molecular complexity index is 4540. The minimum Gasteiger partial charge on any atom is -0.481 e. The number of rotatable bonds is 56. The van der Waals surface area contributed by atoms with Gasteiger partial charge in [0.1, 0.15) is 79.7 Å². The average molecular weight is 1860 g/mol. The fourth-order valence-corrected chi connectivity index (χ4v) is 17.8. The summed E-state index contributed by atoms with van der Waals surface area (Å²) in [6.45, 7) is 7.57. The average Bonchev–Trinajstić information content (AvgIpc) is 1.63. The van der Waals surface area contributed by atoms with Gasteiger partial charge in [-0.1, -0.05) is 52.3 Å². The molecule has 0 saturated carbocycles. The summed E-state index contributed by atoms with van der Waals surface area (Å²) in [5.41, 5.74) is 7.58. The van der Waals surface area contributed by atoms with Crippen molar-refractivity contribution in [3.8, 4) is 0 Å². The molecular formula is C85H126N22O23S. The van der Waals surface area contributed by atoms with Gasteiger partial charge in [-0.3, -0.25) is 76.7 Å². The van der Waals surface area contributed by atoms with Crippen LogP contribution in [0.15, 0.2) is 55.5 Å². The van der Waals surface area contributed by atoms with Gasteiger partial charge in [-0.15, -0.1) is 0 Å². The van der Waals surface area contributed by atoms with Crippen LogP contribution in [0.5, 0.6) is 0 Å². The number of primary amides is 1. The van der Waals surface area contributed by atoms with Crippen LogP contribution in [-0.4, -0.2) is 339 Å². The molecule has 45 nitrogen and oxygen atoms in total. The topological polar surface area (TPSA) is 633 Å². The maximum atomic E-state index is 14.9. The second-order valence-electron chi connectivity index (χ2n) is 33.9. The highest BCUT2D eigenvalue weighted by Crippen LogP contribution is 2.34. The van der Waals surface area contributed by atoms with Crippen LogP contribution in [0.1, 0.15) is 141 Å². The fraction of sp³-hybridized carbons (Fsp3) is 0.635. The summed E-state index contributed by atoms with van der Waals surface area (Å²) in [7, 11) is 0. The number of carbonyl (C=O) groups excluding carboxylic acids is 16. The first kappa shape index (κ1) is 103. The molecule has 0 spiro atoms. The molecule has 3 aromatic heterocycles. The number of fused-ring (bicyclic) bond motifs is 2.